The normalized spacial score (nSPS) is 15.3. The topological polar surface area (TPSA) is 92.7 Å². The molecule has 2 aromatic heterocycles. The summed E-state index contributed by atoms with van der Waals surface area (Å²) in [5, 5.41) is 2.41. The van der Waals surface area contributed by atoms with Crippen LogP contribution in [0.25, 0.3) is 0 Å². The van der Waals surface area contributed by atoms with Crippen LogP contribution in [0.4, 0.5) is 5.13 Å². The summed E-state index contributed by atoms with van der Waals surface area (Å²) in [7, 11) is 0. The molecule has 0 aliphatic carbocycles. The van der Waals surface area contributed by atoms with Gasteiger partial charge in [0, 0.05) is 38.0 Å². The van der Waals surface area contributed by atoms with Gasteiger partial charge in [0.2, 0.25) is 5.91 Å². The van der Waals surface area contributed by atoms with Gasteiger partial charge in [0.15, 0.2) is 10.9 Å². The highest BCUT2D eigenvalue weighted by atomic mass is 32.1. The molecule has 3 heterocycles. The van der Waals surface area contributed by atoms with E-state index < -0.39 is 0 Å². The van der Waals surface area contributed by atoms with Crippen LogP contribution in [0.5, 0.6) is 0 Å². The van der Waals surface area contributed by atoms with E-state index in [1.54, 1.807) is 17.0 Å². The minimum atomic E-state index is -0.118. The molecule has 1 aliphatic heterocycles. The first-order chi connectivity index (χ1) is 11.6. The second-order valence-electron chi connectivity index (χ2n) is 5.68. The van der Waals surface area contributed by atoms with Crippen molar-refractivity contribution in [2.75, 3.05) is 31.9 Å². The molecule has 0 unspecified atom stereocenters. The Labute approximate surface area is 144 Å². The molecule has 1 aliphatic rings. The molecule has 0 radical (unpaired) electrons. The molecule has 7 nitrogen and oxygen atoms in total. The molecule has 2 amide bonds. The molecule has 0 bridgehead atoms. The molecular weight excluding hydrogens is 328 g/mol. The van der Waals surface area contributed by atoms with Crippen LogP contribution in [0, 0.1) is 0 Å². The average Bonchev–Trinajstić information content (AvgIpc) is 3.18. The molecule has 8 heteroatoms. The van der Waals surface area contributed by atoms with Crippen molar-refractivity contribution in [3.63, 3.8) is 0 Å². The lowest BCUT2D eigenvalue weighted by Crippen LogP contribution is -2.37. The van der Waals surface area contributed by atoms with E-state index in [4.69, 9.17) is 10.2 Å². The minimum absolute atomic E-state index is 0.0915. The van der Waals surface area contributed by atoms with Gasteiger partial charge in [-0.1, -0.05) is 0 Å². The first-order valence-electron chi connectivity index (χ1n) is 7.94. The van der Waals surface area contributed by atoms with E-state index in [1.165, 1.54) is 17.6 Å². The zero-order valence-electron chi connectivity index (χ0n) is 13.3. The lowest BCUT2D eigenvalue weighted by Gasteiger charge is -2.21. The van der Waals surface area contributed by atoms with E-state index in [2.05, 4.69) is 4.98 Å². The fraction of sp³-hybridized carbons (Fsp3) is 0.438. The number of rotatable bonds is 4. The molecule has 0 spiro atoms. The fourth-order valence-corrected chi connectivity index (χ4v) is 3.35. The van der Waals surface area contributed by atoms with Gasteiger partial charge in [-0.05, 0) is 25.0 Å². The molecule has 1 saturated heterocycles. The van der Waals surface area contributed by atoms with Crippen LogP contribution < -0.4 is 5.73 Å². The quantitative estimate of drug-likeness (QED) is 0.906. The van der Waals surface area contributed by atoms with E-state index in [9.17, 15) is 9.59 Å². The Morgan fingerprint density at radius 2 is 2.04 bits per heavy atom. The number of aryl methyl sites for hydroxylation is 1. The number of furan rings is 1. The number of nitrogen functional groups attached to an aromatic ring is 1. The van der Waals surface area contributed by atoms with Crippen molar-refractivity contribution in [2.24, 2.45) is 0 Å². The van der Waals surface area contributed by atoms with Gasteiger partial charge < -0.3 is 20.0 Å². The zero-order valence-corrected chi connectivity index (χ0v) is 14.1. The standard InChI is InChI=1S/C16H20N4O3S/c17-16-18-12(11-24-16)4-5-14(21)19-6-2-7-20(9-8-19)15(22)13-3-1-10-23-13/h1,3,10-11H,2,4-9H2,(H2,17,18). The second kappa shape index (κ2) is 7.48. The summed E-state index contributed by atoms with van der Waals surface area (Å²) in [4.78, 5) is 32.4. The van der Waals surface area contributed by atoms with Crippen LogP contribution in [0.2, 0.25) is 0 Å². The predicted molar refractivity (Wildman–Crippen MR) is 90.7 cm³/mol. The average molecular weight is 348 g/mol. The fourth-order valence-electron chi connectivity index (χ4n) is 2.76. The van der Waals surface area contributed by atoms with Gasteiger partial charge in [-0.25, -0.2) is 4.98 Å². The summed E-state index contributed by atoms with van der Waals surface area (Å²) in [5.41, 5.74) is 6.46. The second-order valence-corrected chi connectivity index (χ2v) is 6.57. The first-order valence-corrected chi connectivity index (χ1v) is 8.82. The van der Waals surface area contributed by atoms with Gasteiger partial charge in [-0.15, -0.1) is 11.3 Å². The molecule has 24 heavy (non-hydrogen) atoms. The minimum Gasteiger partial charge on any atom is -0.459 e. The number of nitrogens with zero attached hydrogens (tertiary/aromatic N) is 3. The molecule has 0 saturated carbocycles. The van der Waals surface area contributed by atoms with Crippen LogP contribution in [0.15, 0.2) is 28.2 Å². The molecule has 3 rings (SSSR count). The van der Waals surface area contributed by atoms with E-state index in [1.807, 2.05) is 10.3 Å². The predicted octanol–water partition coefficient (Wildman–Crippen LogP) is 1.63. The third kappa shape index (κ3) is 3.94. The number of thiazole rings is 1. The van der Waals surface area contributed by atoms with Gasteiger partial charge >= 0.3 is 0 Å². The Bertz CT molecular complexity index is 698. The highest BCUT2D eigenvalue weighted by molar-refractivity contribution is 7.13. The van der Waals surface area contributed by atoms with E-state index in [-0.39, 0.29) is 11.8 Å². The monoisotopic (exact) mass is 348 g/mol. The van der Waals surface area contributed by atoms with Crippen LogP contribution in [0.1, 0.15) is 29.1 Å². The molecule has 0 atom stereocenters. The summed E-state index contributed by atoms with van der Waals surface area (Å²) in [6.07, 6.45) is 3.27. The van der Waals surface area contributed by atoms with Crippen molar-refractivity contribution >= 4 is 28.3 Å². The largest absolute Gasteiger partial charge is 0.459 e. The third-order valence-electron chi connectivity index (χ3n) is 4.03. The number of hydrogen-bond acceptors (Lipinski definition) is 6. The number of aromatic nitrogens is 1. The Balaban J connectivity index is 1.51. The van der Waals surface area contributed by atoms with Crippen LogP contribution in [-0.2, 0) is 11.2 Å². The van der Waals surface area contributed by atoms with Crippen molar-refractivity contribution in [3.05, 3.63) is 35.2 Å². The number of hydrogen-bond donors (Lipinski definition) is 1. The number of nitrogens with two attached hydrogens (primary N) is 1. The summed E-state index contributed by atoms with van der Waals surface area (Å²) < 4.78 is 5.17. The molecule has 2 aromatic rings. The summed E-state index contributed by atoms with van der Waals surface area (Å²) in [6.45, 7) is 2.37. The van der Waals surface area contributed by atoms with Crippen molar-refractivity contribution in [1.29, 1.82) is 0 Å². The van der Waals surface area contributed by atoms with Gasteiger partial charge in [0.1, 0.15) is 0 Å². The molecular formula is C16H20N4O3S. The Hall–Kier alpha value is -2.35. The van der Waals surface area contributed by atoms with E-state index in [0.29, 0.717) is 49.9 Å². The lowest BCUT2D eigenvalue weighted by atomic mass is 10.2. The third-order valence-corrected chi connectivity index (χ3v) is 4.75. The lowest BCUT2D eigenvalue weighted by molar-refractivity contribution is -0.131. The number of carbonyl (C=O) groups excluding carboxylic acids is 2. The smallest absolute Gasteiger partial charge is 0.289 e. The van der Waals surface area contributed by atoms with Crippen molar-refractivity contribution in [3.8, 4) is 0 Å². The molecule has 2 N–H and O–H groups in total. The maximum Gasteiger partial charge on any atom is 0.289 e. The van der Waals surface area contributed by atoms with Gasteiger partial charge in [-0.3, -0.25) is 9.59 Å². The van der Waals surface area contributed by atoms with Crippen LogP contribution in [-0.4, -0.2) is 52.8 Å². The van der Waals surface area contributed by atoms with Crippen LogP contribution >= 0.6 is 11.3 Å². The van der Waals surface area contributed by atoms with Gasteiger partial charge in [0.25, 0.3) is 5.91 Å². The number of amides is 2. The maximum atomic E-state index is 12.4. The summed E-state index contributed by atoms with van der Waals surface area (Å²) in [6, 6.07) is 3.36. The van der Waals surface area contributed by atoms with Crippen molar-refractivity contribution in [2.45, 2.75) is 19.3 Å². The van der Waals surface area contributed by atoms with E-state index in [0.717, 1.165) is 12.1 Å². The zero-order chi connectivity index (χ0) is 16.9. The summed E-state index contributed by atoms with van der Waals surface area (Å²) in [5.74, 6) is 0.317. The van der Waals surface area contributed by atoms with Crippen molar-refractivity contribution < 1.29 is 14.0 Å². The summed E-state index contributed by atoms with van der Waals surface area (Å²) >= 11 is 1.39. The Morgan fingerprint density at radius 1 is 1.25 bits per heavy atom. The molecule has 1 fully saturated rings. The SMILES string of the molecule is Nc1nc(CCC(=O)N2CCCN(C(=O)c3ccco3)CC2)cs1. The maximum absolute atomic E-state index is 12.4. The highest BCUT2D eigenvalue weighted by Gasteiger charge is 2.24. The number of carbonyl (C=O) groups is 2. The Morgan fingerprint density at radius 3 is 2.75 bits per heavy atom. The van der Waals surface area contributed by atoms with Crippen LogP contribution in [0.3, 0.4) is 0 Å². The first kappa shape index (κ1) is 16.5. The van der Waals surface area contributed by atoms with Gasteiger partial charge in [0.05, 0.1) is 12.0 Å². The Kier molecular flexibility index (Phi) is 5.14. The van der Waals surface area contributed by atoms with E-state index >= 15 is 0 Å². The highest BCUT2D eigenvalue weighted by Crippen LogP contribution is 2.14. The van der Waals surface area contributed by atoms with Gasteiger partial charge in [-0.2, -0.15) is 0 Å². The molecule has 0 aromatic carbocycles. The number of anilines is 1. The molecule has 128 valence electrons. The van der Waals surface area contributed by atoms with Crippen molar-refractivity contribution in [1.82, 2.24) is 14.8 Å².